The Hall–Kier alpha value is -0.690. The van der Waals surface area contributed by atoms with Crippen molar-refractivity contribution in [3.8, 4) is 0 Å². The molecular formula is C9H9FINO2. The predicted octanol–water partition coefficient (Wildman–Crippen LogP) is 1.38. The Balaban J connectivity index is 2.87. The Labute approximate surface area is 94.2 Å². The van der Waals surface area contributed by atoms with Crippen LogP contribution < -0.4 is 5.73 Å². The van der Waals surface area contributed by atoms with Crippen molar-refractivity contribution >= 4 is 28.6 Å². The normalized spacial score (nSPS) is 12.5. The summed E-state index contributed by atoms with van der Waals surface area (Å²) in [6.45, 7) is 0. The third kappa shape index (κ3) is 2.65. The van der Waals surface area contributed by atoms with E-state index in [0.717, 1.165) is 0 Å². The highest BCUT2D eigenvalue weighted by atomic mass is 127. The number of hydrogen-bond donors (Lipinski definition) is 2. The number of benzene rings is 1. The smallest absolute Gasteiger partial charge is 0.320 e. The monoisotopic (exact) mass is 309 g/mol. The molecule has 0 aliphatic carbocycles. The van der Waals surface area contributed by atoms with Crippen molar-refractivity contribution in [3.05, 3.63) is 33.1 Å². The van der Waals surface area contributed by atoms with E-state index in [-0.39, 0.29) is 12.2 Å². The molecule has 0 aromatic heterocycles. The lowest BCUT2D eigenvalue weighted by Gasteiger charge is -2.08. The van der Waals surface area contributed by atoms with Gasteiger partial charge in [-0.15, -0.1) is 0 Å². The molecule has 0 saturated carbocycles. The highest BCUT2D eigenvalue weighted by molar-refractivity contribution is 14.1. The van der Waals surface area contributed by atoms with Gasteiger partial charge in [0.2, 0.25) is 0 Å². The molecule has 0 spiro atoms. The van der Waals surface area contributed by atoms with E-state index in [4.69, 9.17) is 10.8 Å². The van der Waals surface area contributed by atoms with E-state index >= 15 is 0 Å². The largest absolute Gasteiger partial charge is 0.480 e. The van der Waals surface area contributed by atoms with Gasteiger partial charge in [0.1, 0.15) is 11.9 Å². The standard InChI is InChI=1S/C9H9FINO2/c10-6-3-1-2-5(8(6)11)4-7(12)9(13)14/h1-3,7H,4,12H2,(H,13,14)/t7-/m0/s1. The second-order valence-electron chi connectivity index (χ2n) is 2.86. The molecule has 3 N–H and O–H groups in total. The summed E-state index contributed by atoms with van der Waals surface area (Å²) in [6, 6.07) is 3.57. The van der Waals surface area contributed by atoms with Gasteiger partial charge in [0, 0.05) is 0 Å². The molecule has 0 heterocycles. The minimum absolute atomic E-state index is 0.144. The van der Waals surface area contributed by atoms with Crippen LogP contribution in [0.25, 0.3) is 0 Å². The van der Waals surface area contributed by atoms with E-state index in [2.05, 4.69) is 0 Å². The van der Waals surface area contributed by atoms with Gasteiger partial charge >= 0.3 is 5.97 Å². The maximum absolute atomic E-state index is 13.0. The Morgan fingerprint density at radius 3 is 2.86 bits per heavy atom. The van der Waals surface area contributed by atoms with Crippen LogP contribution in [0.3, 0.4) is 0 Å². The van der Waals surface area contributed by atoms with E-state index in [1.807, 2.05) is 22.6 Å². The van der Waals surface area contributed by atoms with Crippen LogP contribution in [-0.2, 0) is 11.2 Å². The molecule has 1 atom stereocenters. The van der Waals surface area contributed by atoms with E-state index in [0.29, 0.717) is 9.13 Å². The molecule has 0 unspecified atom stereocenters. The molecular weight excluding hydrogens is 300 g/mol. The van der Waals surface area contributed by atoms with Crippen LogP contribution in [0.5, 0.6) is 0 Å². The summed E-state index contributed by atoms with van der Waals surface area (Å²) in [4.78, 5) is 10.5. The first kappa shape index (κ1) is 11.4. The number of carboxylic acids is 1. The summed E-state index contributed by atoms with van der Waals surface area (Å²) in [5.74, 6) is -1.43. The molecule has 5 heteroatoms. The zero-order chi connectivity index (χ0) is 10.7. The third-order valence-corrected chi connectivity index (χ3v) is 3.00. The fourth-order valence-electron chi connectivity index (χ4n) is 1.03. The Morgan fingerprint density at radius 1 is 1.64 bits per heavy atom. The molecule has 0 amide bonds. The first-order valence-corrected chi connectivity index (χ1v) is 5.01. The van der Waals surface area contributed by atoms with Crippen molar-refractivity contribution < 1.29 is 14.3 Å². The molecule has 76 valence electrons. The lowest BCUT2D eigenvalue weighted by Crippen LogP contribution is -2.32. The third-order valence-electron chi connectivity index (χ3n) is 1.79. The van der Waals surface area contributed by atoms with Gasteiger partial charge in [-0.1, -0.05) is 12.1 Å². The number of aliphatic carboxylic acids is 1. The molecule has 1 aromatic carbocycles. The fourth-order valence-corrected chi connectivity index (χ4v) is 1.61. The highest BCUT2D eigenvalue weighted by Crippen LogP contribution is 2.17. The Morgan fingerprint density at radius 2 is 2.29 bits per heavy atom. The van der Waals surface area contributed by atoms with Crippen LogP contribution in [0.4, 0.5) is 4.39 Å². The average Bonchev–Trinajstić information content (AvgIpc) is 2.12. The SMILES string of the molecule is N[C@@H](Cc1cccc(F)c1I)C(=O)O. The molecule has 0 aliphatic heterocycles. The van der Waals surface area contributed by atoms with Crippen LogP contribution in [-0.4, -0.2) is 17.1 Å². The summed E-state index contributed by atoms with van der Waals surface area (Å²) in [5.41, 5.74) is 5.97. The van der Waals surface area contributed by atoms with Crippen LogP contribution in [0.15, 0.2) is 18.2 Å². The van der Waals surface area contributed by atoms with Gasteiger partial charge in [-0.2, -0.15) is 0 Å². The lowest BCUT2D eigenvalue weighted by atomic mass is 10.1. The van der Waals surface area contributed by atoms with Crippen molar-refractivity contribution in [1.82, 2.24) is 0 Å². The molecule has 14 heavy (non-hydrogen) atoms. The topological polar surface area (TPSA) is 63.3 Å². The van der Waals surface area contributed by atoms with Crippen LogP contribution >= 0.6 is 22.6 Å². The molecule has 0 radical (unpaired) electrons. The van der Waals surface area contributed by atoms with E-state index in [1.54, 1.807) is 12.1 Å². The Kier molecular flexibility index (Phi) is 3.82. The molecule has 1 rings (SSSR count). The average molecular weight is 309 g/mol. The van der Waals surface area contributed by atoms with Gasteiger partial charge in [-0.05, 0) is 40.6 Å². The number of carboxylic acid groups (broad SMARTS) is 1. The van der Waals surface area contributed by atoms with Crippen LogP contribution in [0.2, 0.25) is 0 Å². The van der Waals surface area contributed by atoms with Gasteiger partial charge in [0.15, 0.2) is 0 Å². The summed E-state index contributed by atoms with van der Waals surface area (Å²) in [7, 11) is 0. The minimum atomic E-state index is -1.08. The van der Waals surface area contributed by atoms with Crippen molar-refractivity contribution in [3.63, 3.8) is 0 Å². The number of rotatable bonds is 3. The fraction of sp³-hybridized carbons (Fsp3) is 0.222. The summed E-state index contributed by atoms with van der Waals surface area (Å²) < 4.78 is 13.5. The second-order valence-corrected chi connectivity index (χ2v) is 3.94. The van der Waals surface area contributed by atoms with E-state index < -0.39 is 12.0 Å². The first-order chi connectivity index (χ1) is 6.52. The number of halogens is 2. The van der Waals surface area contributed by atoms with Crippen LogP contribution in [0, 0.1) is 9.39 Å². The molecule has 0 fully saturated rings. The zero-order valence-electron chi connectivity index (χ0n) is 7.21. The van der Waals surface area contributed by atoms with Gasteiger partial charge in [-0.25, -0.2) is 4.39 Å². The number of carbonyl (C=O) groups is 1. The number of nitrogens with two attached hydrogens (primary N) is 1. The first-order valence-electron chi connectivity index (χ1n) is 3.93. The summed E-state index contributed by atoms with van der Waals surface area (Å²) in [5, 5.41) is 8.58. The van der Waals surface area contributed by atoms with E-state index in [1.165, 1.54) is 6.07 Å². The quantitative estimate of drug-likeness (QED) is 0.829. The van der Waals surface area contributed by atoms with Crippen molar-refractivity contribution in [2.45, 2.75) is 12.5 Å². The van der Waals surface area contributed by atoms with Crippen LogP contribution in [0.1, 0.15) is 5.56 Å². The maximum Gasteiger partial charge on any atom is 0.320 e. The molecule has 1 aromatic rings. The minimum Gasteiger partial charge on any atom is -0.480 e. The molecule has 0 bridgehead atoms. The molecule has 0 saturated heterocycles. The zero-order valence-corrected chi connectivity index (χ0v) is 9.36. The van der Waals surface area contributed by atoms with Crippen molar-refractivity contribution in [1.29, 1.82) is 0 Å². The van der Waals surface area contributed by atoms with E-state index in [9.17, 15) is 9.18 Å². The van der Waals surface area contributed by atoms with Gasteiger partial charge in [-0.3, -0.25) is 4.79 Å². The maximum atomic E-state index is 13.0. The molecule has 0 aliphatic rings. The number of hydrogen-bond acceptors (Lipinski definition) is 2. The Bertz CT molecular complexity index is 357. The van der Waals surface area contributed by atoms with Gasteiger partial charge in [0.25, 0.3) is 0 Å². The molecule has 3 nitrogen and oxygen atoms in total. The lowest BCUT2D eigenvalue weighted by molar-refractivity contribution is -0.138. The summed E-state index contributed by atoms with van der Waals surface area (Å²) in [6.07, 6.45) is 0.144. The van der Waals surface area contributed by atoms with Gasteiger partial charge < -0.3 is 10.8 Å². The van der Waals surface area contributed by atoms with Crippen molar-refractivity contribution in [2.24, 2.45) is 5.73 Å². The highest BCUT2D eigenvalue weighted by Gasteiger charge is 2.14. The predicted molar refractivity (Wildman–Crippen MR) is 58.4 cm³/mol. The second kappa shape index (κ2) is 4.70. The van der Waals surface area contributed by atoms with Gasteiger partial charge in [0.05, 0.1) is 3.57 Å². The van der Waals surface area contributed by atoms with Crippen molar-refractivity contribution in [2.75, 3.05) is 0 Å². The summed E-state index contributed by atoms with van der Waals surface area (Å²) >= 11 is 1.84.